The molecule has 0 aliphatic carbocycles. The van der Waals surface area contributed by atoms with Gasteiger partial charge in [0.1, 0.15) is 11.6 Å². The van der Waals surface area contributed by atoms with E-state index in [4.69, 9.17) is 4.74 Å². The zero-order valence-electron chi connectivity index (χ0n) is 16.4. The van der Waals surface area contributed by atoms with Gasteiger partial charge in [-0.15, -0.1) is 0 Å². The number of halogens is 1. The first-order valence-corrected chi connectivity index (χ1v) is 9.90. The minimum absolute atomic E-state index is 0.0247. The quantitative estimate of drug-likeness (QED) is 0.508. The van der Waals surface area contributed by atoms with Crippen molar-refractivity contribution in [3.8, 4) is 5.75 Å². The molecule has 0 unspecified atom stereocenters. The van der Waals surface area contributed by atoms with Crippen LogP contribution >= 0.6 is 0 Å². The van der Waals surface area contributed by atoms with Crippen LogP contribution in [0.15, 0.2) is 78.9 Å². The fraction of sp³-hybridized carbons (Fsp3) is 0.240. The van der Waals surface area contributed by atoms with Crippen LogP contribution in [0.2, 0.25) is 0 Å². The summed E-state index contributed by atoms with van der Waals surface area (Å²) in [5.41, 5.74) is 2.86. The van der Waals surface area contributed by atoms with E-state index in [1.54, 1.807) is 7.11 Å². The lowest BCUT2D eigenvalue weighted by Gasteiger charge is -2.30. The van der Waals surface area contributed by atoms with Gasteiger partial charge in [-0.25, -0.2) is 4.39 Å². The fourth-order valence-corrected chi connectivity index (χ4v) is 4.23. The summed E-state index contributed by atoms with van der Waals surface area (Å²) in [5, 5.41) is 0. The second-order valence-electron chi connectivity index (χ2n) is 7.43. The first-order chi connectivity index (χ1) is 14.2. The predicted molar refractivity (Wildman–Crippen MR) is 113 cm³/mol. The van der Waals surface area contributed by atoms with Gasteiger partial charge < -0.3 is 9.64 Å². The molecule has 4 rings (SSSR count). The van der Waals surface area contributed by atoms with Gasteiger partial charge in [0, 0.05) is 24.2 Å². The van der Waals surface area contributed by atoms with Crippen LogP contribution in [-0.4, -0.2) is 19.4 Å². The smallest absolute Gasteiger partial charge is 0.163 e. The number of Topliss-reactive ketones (excluding diaryl/α,β-unsaturated/α-hetero) is 1. The number of hydrogen-bond donors (Lipinski definition) is 0. The number of anilines is 1. The van der Waals surface area contributed by atoms with E-state index in [1.807, 2.05) is 66.7 Å². The number of ketones is 1. The van der Waals surface area contributed by atoms with Crippen molar-refractivity contribution in [3.63, 3.8) is 0 Å². The summed E-state index contributed by atoms with van der Waals surface area (Å²) in [6.07, 6.45) is 1.38. The summed E-state index contributed by atoms with van der Waals surface area (Å²) in [4.78, 5) is 15.2. The molecule has 0 saturated carbocycles. The number of ether oxygens (including phenoxy) is 1. The number of methoxy groups -OCH3 is 1. The summed E-state index contributed by atoms with van der Waals surface area (Å²) in [5.74, 6) is 0.872. The SMILES string of the molecule is COc1ccc(N2CC[C@@H](CC(=O)c3ccccc3)[C@@H]2c2ccc(F)cc2)cc1. The topological polar surface area (TPSA) is 29.5 Å². The normalized spacial score (nSPS) is 18.6. The van der Waals surface area contributed by atoms with Crippen LogP contribution in [-0.2, 0) is 0 Å². The molecule has 3 aromatic carbocycles. The van der Waals surface area contributed by atoms with Gasteiger partial charge in [-0.2, -0.15) is 0 Å². The first kappa shape index (κ1) is 19.2. The first-order valence-electron chi connectivity index (χ1n) is 9.90. The van der Waals surface area contributed by atoms with Crippen molar-refractivity contribution >= 4 is 11.5 Å². The molecule has 1 heterocycles. The van der Waals surface area contributed by atoms with Crippen LogP contribution in [0.1, 0.15) is 34.8 Å². The highest BCUT2D eigenvalue weighted by Gasteiger charge is 2.36. The zero-order chi connectivity index (χ0) is 20.2. The molecule has 29 heavy (non-hydrogen) atoms. The second kappa shape index (κ2) is 8.48. The maximum Gasteiger partial charge on any atom is 0.163 e. The lowest BCUT2D eigenvalue weighted by molar-refractivity contribution is 0.0958. The zero-order valence-corrected chi connectivity index (χ0v) is 16.4. The van der Waals surface area contributed by atoms with Crippen molar-refractivity contribution in [2.24, 2.45) is 5.92 Å². The molecule has 0 aromatic heterocycles. The summed E-state index contributed by atoms with van der Waals surface area (Å²) in [6, 6.07) is 24.1. The molecule has 3 nitrogen and oxygen atoms in total. The van der Waals surface area contributed by atoms with Crippen molar-refractivity contribution < 1.29 is 13.9 Å². The third-order valence-electron chi connectivity index (χ3n) is 5.68. The number of rotatable bonds is 6. The van der Waals surface area contributed by atoms with Crippen molar-refractivity contribution in [1.29, 1.82) is 0 Å². The molecule has 1 aliphatic rings. The largest absolute Gasteiger partial charge is 0.497 e. The van der Waals surface area contributed by atoms with Gasteiger partial charge in [0.15, 0.2) is 5.78 Å². The molecule has 1 fully saturated rings. The third kappa shape index (κ3) is 4.16. The Morgan fingerprint density at radius 2 is 1.69 bits per heavy atom. The van der Waals surface area contributed by atoms with Crippen LogP contribution in [0.5, 0.6) is 5.75 Å². The number of benzene rings is 3. The summed E-state index contributed by atoms with van der Waals surface area (Å²) in [6.45, 7) is 0.848. The van der Waals surface area contributed by atoms with Gasteiger partial charge in [0.05, 0.1) is 13.2 Å². The van der Waals surface area contributed by atoms with E-state index in [2.05, 4.69) is 4.90 Å². The summed E-state index contributed by atoms with van der Waals surface area (Å²) >= 11 is 0. The minimum atomic E-state index is -0.250. The number of nitrogens with zero attached hydrogens (tertiary/aromatic N) is 1. The molecule has 0 radical (unpaired) electrons. The van der Waals surface area contributed by atoms with Gasteiger partial charge in [-0.05, 0) is 54.3 Å². The molecular formula is C25H24FNO2. The van der Waals surface area contributed by atoms with Crippen molar-refractivity contribution in [2.45, 2.75) is 18.9 Å². The van der Waals surface area contributed by atoms with Crippen LogP contribution < -0.4 is 9.64 Å². The fourth-order valence-electron chi connectivity index (χ4n) is 4.23. The lowest BCUT2D eigenvalue weighted by atomic mass is 9.88. The highest BCUT2D eigenvalue weighted by molar-refractivity contribution is 5.96. The van der Waals surface area contributed by atoms with Crippen LogP contribution in [0.4, 0.5) is 10.1 Å². The minimum Gasteiger partial charge on any atom is -0.497 e. The average molecular weight is 389 g/mol. The van der Waals surface area contributed by atoms with E-state index in [-0.39, 0.29) is 23.6 Å². The number of carbonyl (C=O) groups is 1. The van der Waals surface area contributed by atoms with E-state index in [0.717, 1.165) is 35.5 Å². The monoisotopic (exact) mass is 389 g/mol. The van der Waals surface area contributed by atoms with Crippen LogP contribution in [0.25, 0.3) is 0 Å². The standard InChI is InChI=1S/C25H24FNO2/c1-29-23-13-11-22(12-14-23)27-16-15-20(17-24(28)18-5-3-2-4-6-18)25(27)19-7-9-21(26)10-8-19/h2-14,20,25H,15-17H2,1H3/t20-,25-/m0/s1. The van der Waals surface area contributed by atoms with Gasteiger partial charge in [-0.1, -0.05) is 42.5 Å². The Morgan fingerprint density at radius 1 is 1.00 bits per heavy atom. The van der Waals surface area contributed by atoms with Crippen molar-refractivity contribution in [2.75, 3.05) is 18.6 Å². The van der Waals surface area contributed by atoms with E-state index < -0.39 is 0 Å². The molecule has 1 aliphatic heterocycles. The van der Waals surface area contributed by atoms with Crippen LogP contribution in [0.3, 0.4) is 0 Å². The molecule has 0 amide bonds. The molecular weight excluding hydrogens is 365 g/mol. The highest BCUT2D eigenvalue weighted by Crippen LogP contribution is 2.42. The number of carbonyl (C=O) groups excluding carboxylic acids is 1. The van der Waals surface area contributed by atoms with E-state index in [9.17, 15) is 9.18 Å². The van der Waals surface area contributed by atoms with Gasteiger partial charge >= 0.3 is 0 Å². The Kier molecular flexibility index (Phi) is 5.61. The Balaban J connectivity index is 1.63. The molecule has 3 aromatic rings. The lowest BCUT2D eigenvalue weighted by Crippen LogP contribution is -2.26. The molecule has 2 atom stereocenters. The van der Waals surface area contributed by atoms with E-state index >= 15 is 0 Å². The maximum atomic E-state index is 13.5. The predicted octanol–water partition coefficient (Wildman–Crippen LogP) is 5.67. The van der Waals surface area contributed by atoms with E-state index in [0.29, 0.717) is 6.42 Å². The average Bonchev–Trinajstić information content (AvgIpc) is 3.18. The maximum absolute atomic E-state index is 13.5. The Hall–Kier alpha value is -3.14. The highest BCUT2D eigenvalue weighted by atomic mass is 19.1. The molecule has 0 spiro atoms. The molecule has 0 N–H and O–H groups in total. The molecule has 148 valence electrons. The van der Waals surface area contributed by atoms with Crippen LogP contribution in [0, 0.1) is 11.7 Å². The van der Waals surface area contributed by atoms with Gasteiger partial charge in [0.25, 0.3) is 0 Å². The van der Waals surface area contributed by atoms with Crippen molar-refractivity contribution in [3.05, 3.63) is 95.8 Å². The van der Waals surface area contributed by atoms with Gasteiger partial charge in [-0.3, -0.25) is 4.79 Å². The second-order valence-corrected chi connectivity index (χ2v) is 7.43. The Bertz CT molecular complexity index is 954. The van der Waals surface area contributed by atoms with E-state index in [1.165, 1.54) is 12.1 Å². The van der Waals surface area contributed by atoms with Crippen molar-refractivity contribution in [1.82, 2.24) is 0 Å². The molecule has 0 bridgehead atoms. The Morgan fingerprint density at radius 3 is 2.34 bits per heavy atom. The third-order valence-corrected chi connectivity index (χ3v) is 5.68. The Labute approximate surface area is 170 Å². The molecule has 1 saturated heterocycles. The summed E-state index contributed by atoms with van der Waals surface area (Å²) < 4.78 is 18.8. The summed E-state index contributed by atoms with van der Waals surface area (Å²) in [7, 11) is 1.65. The number of hydrogen-bond acceptors (Lipinski definition) is 3. The molecule has 4 heteroatoms. The van der Waals surface area contributed by atoms with Gasteiger partial charge in [0.2, 0.25) is 0 Å².